The van der Waals surface area contributed by atoms with Crippen LogP contribution < -0.4 is 10.1 Å². The van der Waals surface area contributed by atoms with Crippen LogP contribution in [-0.4, -0.2) is 31.6 Å². The number of aryl methyl sites for hydroxylation is 1. The Morgan fingerprint density at radius 3 is 2.42 bits per heavy atom. The lowest BCUT2D eigenvalue weighted by molar-refractivity contribution is 0.238. The van der Waals surface area contributed by atoms with Crippen molar-refractivity contribution in [3.8, 4) is 5.75 Å². The molecule has 1 N–H and O–H groups in total. The lowest BCUT2D eigenvalue weighted by Crippen LogP contribution is -2.34. The Bertz CT molecular complexity index is 633. The first-order chi connectivity index (χ1) is 11.8. The van der Waals surface area contributed by atoms with Crippen molar-refractivity contribution in [2.75, 3.05) is 26.7 Å². The molecule has 24 heavy (non-hydrogen) atoms. The van der Waals surface area contributed by atoms with Gasteiger partial charge in [0.25, 0.3) is 0 Å². The molecule has 3 rings (SSSR count). The summed E-state index contributed by atoms with van der Waals surface area (Å²) in [4.78, 5) is 2.60. The first-order valence-corrected chi connectivity index (χ1v) is 8.91. The van der Waals surface area contributed by atoms with E-state index in [1.54, 1.807) is 7.11 Å². The zero-order valence-corrected chi connectivity index (χ0v) is 14.8. The van der Waals surface area contributed by atoms with Gasteiger partial charge in [-0.2, -0.15) is 0 Å². The lowest BCUT2D eigenvalue weighted by Gasteiger charge is -2.28. The van der Waals surface area contributed by atoms with E-state index in [-0.39, 0.29) is 0 Å². The number of methoxy groups -OCH3 is 1. The minimum absolute atomic E-state index is 0.433. The number of nitrogens with zero attached hydrogens (tertiary/aromatic N) is 1. The number of nitrogens with one attached hydrogen (secondary N) is 1. The number of hydrogen-bond donors (Lipinski definition) is 1. The van der Waals surface area contributed by atoms with Crippen molar-refractivity contribution in [3.05, 3.63) is 65.2 Å². The first-order valence-electron chi connectivity index (χ1n) is 8.91. The minimum Gasteiger partial charge on any atom is -0.497 e. The zero-order chi connectivity index (χ0) is 16.8. The first kappa shape index (κ1) is 17.0. The molecular weight excluding hydrogens is 296 g/mol. The molecule has 1 aliphatic heterocycles. The number of hydrogen-bond acceptors (Lipinski definition) is 3. The molecule has 2 aromatic carbocycles. The normalized spacial score (nSPS) is 16.2. The van der Waals surface area contributed by atoms with Crippen molar-refractivity contribution >= 4 is 0 Å². The summed E-state index contributed by atoms with van der Waals surface area (Å²) in [6, 6.07) is 17.6. The van der Waals surface area contributed by atoms with Gasteiger partial charge < -0.3 is 10.1 Å². The maximum atomic E-state index is 5.30. The van der Waals surface area contributed by atoms with Crippen molar-refractivity contribution in [1.82, 2.24) is 10.2 Å². The van der Waals surface area contributed by atoms with Crippen LogP contribution in [0.2, 0.25) is 0 Å². The Morgan fingerprint density at radius 2 is 1.75 bits per heavy atom. The predicted molar refractivity (Wildman–Crippen MR) is 99.4 cm³/mol. The van der Waals surface area contributed by atoms with Crippen LogP contribution in [0.15, 0.2) is 48.5 Å². The molecule has 1 fully saturated rings. The largest absolute Gasteiger partial charge is 0.497 e. The van der Waals surface area contributed by atoms with Crippen LogP contribution in [0.5, 0.6) is 5.75 Å². The van der Waals surface area contributed by atoms with E-state index in [4.69, 9.17) is 4.74 Å². The summed E-state index contributed by atoms with van der Waals surface area (Å²) in [6.45, 7) is 6.47. The molecule has 1 saturated heterocycles. The summed E-state index contributed by atoms with van der Waals surface area (Å²) in [5, 5.41) is 3.67. The van der Waals surface area contributed by atoms with E-state index in [1.807, 2.05) is 0 Å². The summed E-state index contributed by atoms with van der Waals surface area (Å²) in [6.07, 6.45) is 2.62. The molecular formula is C21H28N2O. The van der Waals surface area contributed by atoms with Crippen LogP contribution in [0.3, 0.4) is 0 Å². The van der Waals surface area contributed by atoms with Crippen LogP contribution in [0.25, 0.3) is 0 Å². The average Bonchev–Trinajstić information content (AvgIpc) is 3.15. The maximum absolute atomic E-state index is 5.30. The van der Waals surface area contributed by atoms with Gasteiger partial charge in [-0.1, -0.05) is 36.4 Å². The van der Waals surface area contributed by atoms with Gasteiger partial charge in [-0.3, -0.25) is 4.90 Å². The summed E-state index contributed by atoms with van der Waals surface area (Å²) in [5.41, 5.74) is 4.11. The van der Waals surface area contributed by atoms with Crippen molar-refractivity contribution in [1.29, 1.82) is 0 Å². The van der Waals surface area contributed by atoms with Crippen LogP contribution in [0.1, 0.15) is 35.6 Å². The highest BCUT2D eigenvalue weighted by molar-refractivity contribution is 5.30. The molecule has 0 aliphatic carbocycles. The smallest absolute Gasteiger partial charge is 0.118 e. The fourth-order valence-electron chi connectivity index (χ4n) is 3.49. The third-order valence-electron chi connectivity index (χ3n) is 5.00. The van der Waals surface area contributed by atoms with E-state index in [2.05, 4.69) is 65.7 Å². The molecule has 2 aromatic rings. The third-order valence-corrected chi connectivity index (χ3v) is 5.00. The number of benzene rings is 2. The van der Waals surface area contributed by atoms with E-state index in [9.17, 15) is 0 Å². The summed E-state index contributed by atoms with van der Waals surface area (Å²) >= 11 is 0. The molecule has 0 amide bonds. The highest BCUT2D eigenvalue weighted by Crippen LogP contribution is 2.26. The molecule has 1 atom stereocenters. The molecule has 0 radical (unpaired) electrons. The molecule has 0 spiro atoms. The molecule has 1 aliphatic rings. The van der Waals surface area contributed by atoms with E-state index in [0.29, 0.717) is 6.04 Å². The number of rotatable bonds is 7. The Labute approximate surface area is 145 Å². The van der Waals surface area contributed by atoms with E-state index in [1.165, 1.54) is 42.6 Å². The highest BCUT2D eigenvalue weighted by atomic mass is 16.5. The standard InChI is InChI=1S/C21H28N2O/c1-17-7-3-4-8-19(17)15-22-16-21(23-13-5-6-14-23)18-9-11-20(24-2)12-10-18/h3-4,7-12,21-22H,5-6,13-16H2,1-2H3. The molecule has 1 unspecified atom stereocenters. The molecule has 3 nitrogen and oxygen atoms in total. The van der Waals surface area contributed by atoms with Gasteiger partial charge >= 0.3 is 0 Å². The van der Waals surface area contributed by atoms with Gasteiger partial charge in [-0.05, 0) is 61.7 Å². The monoisotopic (exact) mass is 324 g/mol. The van der Waals surface area contributed by atoms with Crippen molar-refractivity contribution in [2.24, 2.45) is 0 Å². The Morgan fingerprint density at radius 1 is 1.04 bits per heavy atom. The van der Waals surface area contributed by atoms with E-state index in [0.717, 1.165) is 18.8 Å². The van der Waals surface area contributed by atoms with Crippen LogP contribution >= 0.6 is 0 Å². The summed E-state index contributed by atoms with van der Waals surface area (Å²) in [7, 11) is 1.72. The van der Waals surface area contributed by atoms with Crippen molar-refractivity contribution < 1.29 is 4.74 Å². The predicted octanol–water partition coefficient (Wildman–Crippen LogP) is 3.93. The minimum atomic E-state index is 0.433. The molecule has 0 bridgehead atoms. The van der Waals surface area contributed by atoms with Gasteiger partial charge in [-0.15, -0.1) is 0 Å². The van der Waals surface area contributed by atoms with Crippen LogP contribution in [-0.2, 0) is 6.54 Å². The fraction of sp³-hybridized carbons (Fsp3) is 0.429. The second-order valence-corrected chi connectivity index (χ2v) is 6.59. The highest BCUT2D eigenvalue weighted by Gasteiger charge is 2.23. The Hall–Kier alpha value is -1.84. The van der Waals surface area contributed by atoms with Crippen LogP contribution in [0, 0.1) is 6.92 Å². The lowest BCUT2D eigenvalue weighted by atomic mass is 10.0. The average molecular weight is 324 g/mol. The zero-order valence-electron chi connectivity index (χ0n) is 14.8. The van der Waals surface area contributed by atoms with Gasteiger partial charge in [-0.25, -0.2) is 0 Å². The number of ether oxygens (including phenoxy) is 1. The van der Waals surface area contributed by atoms with Crippen LogP contribution in [0.4, 0.5) is 0 Å². The van der Waals surface area contributed by atoms with Crippen molar-refractivity contribution in [2.45, 2.75) is 32.4 Å². The van der Waals surface area contributed by atoms with Gasteiger partial charge in [0.1, 0.15) is 5.75 Å². The second-order valence-electron chi connectivity index (χ2n) is 6.59. The number of likely N-dealkylation sites (tertiary alicyclic amines) is 1. The molecule has 3 heteroatoms. The van der Waals surface area contributed by atoms with Gasteiger partial charge in [0, 0.05) is 19.1 Å². The fourth-order valence-corrected chi connectivity index (χ4v) is 3.49. The van der Waals surface area contributed by atoms with E-state index >= 15 is 0 Å². The van der Waals surface area contributed by atoms with Gasteiger partial charge in [0.05, 0.1) is 7.11 Å². The summed E-state index contributed by atoms with van der Waals surface area (Å²) in [5.74, 6) is 0.923. The Kier molecular flexibility index (Phi) is 5.89. The molecule has 0 aromatic heterocycles. The third kappa shape index (κ3) is 4.16. The summed E-state index contributed by atoms with van der Waals surface area (Å²) < 4.78 is 5.30. The van der Waals surface area contributed by atoms with Gasteiger partial charge in [0.2, 0.25) is 0 Å². The quantitative estimate of drug-likeness (QED) is 0.835. The molecule has 0 saturated carbocycles. The van der Waals surface area contributed by atoms with E-state index < -0.39 is 0 Å². The Balaban J connectivity index is 1.67. The molecule has 128 valence electrons. The van der Waals surface area contributed by atoms with Crippen molar-refractivity contribution in [3.63, 3.8) is 0 Å². The maximum Gasteiger partial charge on any atom is 0.118 e. The SMILES string of the molecule is COc1ccc(C(CNCc2ccccc2C)N2CCCC2)cc1. The topological polar surface area (TPSA) is 24.5 Å². The molecule has 1 heterocycles. The van der Waals surface area contributed by atoms with Gasteiger partial charge in [0.15, 0.2) is 0 Å². The second kappa shape index (κ2) is 8.32.